The maximum atomic E-state index is 14.1. The number of likely N-dealkylation sites (tertiary alicyclic amines) is 1. The van der Waals surface area contributed by atoms with Crippen molar-refractivity contribution >= 4 is 33.9 Å². The molecule has 15 heteroatoms. The maximum Gasteiger partial charge on any atom is 0.410 e. The number of piperazine rings is 1. The van der Waals surface area contributed by atoms with Gasteiger partial charge in [-0.3, -0.25) is 9.69 Å². The number of piperidine rings is 2. The highest BCUT2D eigenvalue weighted by Crippen LogP contribution is 2.28. The number of para-hydroxylation sites is 1. The molecule has 0 aliphatic carbocycles. The first-order valence-electron chi connectivity index (χ1n) is 18.4. The Labute approximate surface area is 307 Å². The quantitative estimate of drug-likeness (QED) is 0.421. The highest BCUT2D eigenvalue weighted by molar-refractivity contribution is 7.86. The largest absolute Gasteiger partial charge is 0.507 e. The van der Waals surface area contributed by atoms with E-state index in [2.05, 4.69) is 10.2 Å². The van der Waals surface area contributed by atoms with Crippen molar-refractivity contribution in [1.29, 1.82) is 0 Å². The van der Waals surface area contributed by atoms with E-state index < -0.39 is 22.4 Å². The molecule has 2 aromatic carbocycles. The molecule has 0 radical (unpaired) electrons. The summed E-state index contributed by atoms with van der Waals surface area (Å²) < 4.78 is 34.0. The van der Waals surface area contributed by atoms with Crippen LogP contribution in [0.4, 0.5) is 15.3 Å². The highest BCUT2D eigenvalue weighted by atomic mass is 32.2. The number of amides is 4. The summed E-state index contributed by atoms with van der Waals surface area (Å²) >= 11 is 0. The smallest absolute Gasteiger partial charge is 0.410 e. The van der Waals surface area contributed by atoms with E-state index in [0.29, 0.717) is 82.9 Å². The summed E-state index contributed by atoms with van der Waals surface area (Å²) in [5.74, 6) is -0.0475. The Hall–Kier alpha value is -3.92. The first kappa shape index (κ1) is 37.8. The summed E-state index contributed by atoms with van der Waals surface area (Å²) in [5.41, 5.74) is 4.12. The molecule has 3 fully saturated rings. The molecule has 0 aromatic heterocycles. The van der Waals surface area contributed by atoms with Crippen molar-refractivity contribution in [3.05, 3.63) is 58.7 Å². The molecule has 52 heavy (non-hydrogen) atoms. The molecule has 0 unspecified atom stereocenters. The number of anilines is 1. The zero-order valence-electron chi connectivity index (χ0n) is 30.8. The van der Waals surface area contributed by atoms with E-state index in [4.69, 9.17) is 4.74 Å². The lowest BCUT2D eigenvalue weighted by Gasteiger charge is -2.43. The number of ether oxygens (including phenoxy) is 1. The van der Waals surface area contributed by atoms with Crippen LogP contribution < -0.4 is 5.32 Å². The topological polar surface area (TPSA) is 146 Å². The minimum atomic E-state index is -3.44. The third-order valence-electron chi connectivity index (χ3n) is 11.1. The van der Waals surface area contributed by atoms with Gasteiger partial charge in [-0.25, -0.2) is 9.59 Å². The minimum Gasteiger partial charge on any atom is -0.507 e. The van der Waals surface area contributed by atoms with Crippen molar-refractivity contribution in [3.63, 3.8) is 0 Å². The van der Waals surface area contributed by atoms with Gasteiger partial charge in [-0.05, 0) is 74.3 Å². The molecule has 284 valence electrons. The molecule has 2 aromatic rings. The fraction of sp³-hybridized carbons (Fsp3) is 0.595. The lowest BCUT2D eigenvalue weighted by molar-refractivity contribution is -0.143. The molecular weight excluding hydrogens is 687 g/mol. The van der Waals surface area contributed by atoms with E-state index in [1.807, 2.05) is 55.1 Å². The predicted molar refractivity (Wildman–Crippen MR) is 197 cm³/mol. The van der Waals surface area contributed by atoms with E-state index in [9.17, 15) is 27.9 Å². The second-order valence-corrected chi connectivity index (χ2v) is 16.8. The molecule has 0 bridgehead atoms. The molecule has 0 saturated carbocycles. The summed E-state index contributed by atoms with van der Waals surface area (Å²) in [5, 5.41) is 13.4. The van der Waals surface area contributed by atoms with Gasteiger partial charge in [0.05, 0.1) is 0 Å². The van der Waals surface area contributed by atoms with Crippen LogP contribution >= 0.6 is 0 Å². The van der Waals surface area contributed by atoms with Crippen LogP contribution in [0.25, 0.3) is 0 Å². The first-order chi connectivity index (χ1) is 24.8. The Kier molecular flexibility index (Phi) is 11.6. The van der Waals surface area contributed by atoms with Gasteiger partial charge >= 0.3 is 12.1 Å². The van der Waals surface area contributed by atoms with Crippen molar-refractivity contribution < 1.29 is 32.6 Å². The van der Waals surface area contributed by atoms with Gasteiger partial charge in [0.1, 0.15) is 5.75 Å². The van der Waals surface area contributed by atoms with Gasteiger partial charge in [-0.2, -0.15) is 17.0 Å². The van der Waals surface area contributed by atoms with Gasteiger partial charge in [-0.1, -0.05) is 30.3 Å². The Morgan fingerprint density at radius 1 is 0.885 bits per heavy atom. The van der Waals surface area contributed by atoms with Crippen LogP contribution in [0, 0.1) is 13.8 Å². The van der Waals surface area contributed by atoms with Crippen molar-refractivity contribution in [2.75, 3.05) is 78.3 Å². The van der Waals surface area contributed by atoms with Gasteiger partial charge in [0.15, 0.2) is 6.10 Å². The molecule has 14 nitrogen and oxygen atoms in total. The van der Waals surface area contributed by atoms with Gasteiger partial charge in [0.25, 0.3) is 16.1 Å². The maximum absolute atomic E-state index is 14.1. The second kappa shape index (κ2) is 16.0. The number of nitrogens with one attached hydrogen (secondary N) is 1. The number of rotatable bonds is 8. The molecule has 3 saturated heterocycles. The Balaban J connectivity index is 1.06. The normalized spacial score (nSPS) is 20.7. The van der Waals surface area contributed by atoms with Crippen LogP contribution in [0.1, 0.15) is 47.9 Å². The number of benzene rings is 2. The summed E-state index contributed by atoms with van der Waals surface area (Å²) in [4.78, 5) is 48.5. The van der Waals surface area contributed by atoms with Crippen molar-refractivity contribution in [2.24, 2.45) is 0 Å². The zero-order chi connectivity index (χ0) is 37.2. The van der Waals surface area contributed by atoms with Crippen LogP contribution in [-0.4, -0.2) is 151 Å². The number of carbonyl (C=O) groups excluding carboxylic acids is 3. The van der Waals surface area contributed by atoms with Crippen molar-refractivity contribution in [1.82, 2.24) is 28.2 Å². The lowest BCUT2D eigenvalue weighted by Crippen LogP contribution is -2.57. The Morgan fingerprint density at radius 3 is 2.13 bits per heavy atom. The summed E-state index contributed by atoms with van der Waals surface area (Å²) in [7, 11) is -0.343. The summed E-state index contributed by atoms with van der Waals surface area (Å²) in [6.45, 7) is 8.21. The summed E-state index contributed by atoms with van der Waals surface area (Å²) in [6.07, 6.45) is 2.01. The van der Waals surface area contributed by atoms with Crippen LogP contribution in [0.3, 0.4) is 0 Å². The highest BCUT2D eigenvalue weighted by Gasteiger charge is 2.37. The molecule has 4 aliphatic rings. The van der Waals surface area contributed by atoms with E-state index >= 15 is 0 Å². The molecule has 4 aliphatic heterocycles. The number of urea groups is 1. The molecular formula is C37H53N7O7S. The SMILES string of the molecule is Cc1cc(C[C@@H](OC(=O)N2CCC(N3CCc4ccccc4NC3=O)CC2)C(=O)N2CCN(C3CCN(S(=O)(=O)N(C)C)CC3)CC2)cc(C)c1O. The van der Waals surface area contributed by atoms with Gasteiger partial charge in [0.2, 0.25) is 0 Å². The fourth-order valence-corrected chi connectivity index (χ4v) is 9.17. The number of phenolic OH excluding ortho intramolecular Hbond substituents is 1. The number of hydrogen-bond acceptors (Lipinski definition) is 8. The third-order valence-corrected chi connectivity index (χ3v) is 13.1. The summed E-state index contributed by atoms with van der Waals surface area (Å²) in [6, 6.07) is 11.6. The van der Waals surface area contributed by atoms with E-state index in [0.717, 1.165) is 36.1 Å². The molecule has 0 spiro atoms. The number of hydrogen-bond donors (Lipinski definition) is 2. The van der Waals surface area contributed by atoms with Crippen LogP contribution in [0.15, 0.2) is 36.4 Å². The monoisotopic (exact) mass is 739 g/mol. The van der Waals surface area contributed by atoms with E-state index in [1.165, 1.54) is 8.61 Å². The number of nitrogens with zero attached hydrogens (tertiary/aromatic N) is 6. The first-order valence-corrected chi connectivity index (χ1v) is 19.8. The average molecular weight is 740 g/mol. The molecule has 4 amide bonds. The molecule has 1 atom stereocenters. The minimum absolute atomic E-state index is 0.0142. The number of fused-ring (bicyclic) bond motifs is 1. The van der Waals surface area contributed by atoms with Gasteiger partial charge in [0, 0.05) is 97.2 Å². The van der Waals surface area contributed by atoms with Crippen LogP contribution in [-0.2, 0) is 32.6 Å². The Bertz CT molecular complexity index is 1710. The molecule has 4 heterocycles. The van der Waals surface area contributed by atoms with E-state index in [1.54, 1.807) is 23.9 Å². The second-order valence-electron chi connectivity index (χ2n) is 14.7. The standard InChI is InChI=1S/C37H53N7O7S/c1-26-23-28(24-27(2)34(26)45)25-33(35(46)41-21-19-40(20-22-41)30-12-16-43(17-13-30)52(49,50)39(3)4)51-37(48)42-14-10-31(11-15-42)44-18-9-29-7-5-6-8-32(29)38-36(44)47/h5-8,23-24,30-31,33,45H,9-22,25H2,1-4H3,(H,38,47)/t33-/m1/s1. The number of carbonyl (C=O) groups is 3. The van der Waals surface area contributed by atoms with Crippen molar-refractivity contribution in [2.45, 2.75) is 70.6 Å². The number of aryl methyl sites for hydroxylation is 2. The molecule has 6 rings (SSSR count). The van der Waals surface area contributed by atoms with Crippen molar-refractivity contribution in [3.8, 4) is 5.75 Å². The fourth-order valence-electron chi connectivity index (χ4n) is 8.03. The number of phenols is 1. The third kappa shape index (κ3) is 8.32. The van der Waals surface area contributed by atoms with Gasteiger partial charge < -0.3 is 29.9 Å². The van der Waals surface area contributed by atoms with Crippen LogP contribution in [0.2, 0.25) is 0 Å². The van der Waals surface area contributed by atoms with Crippen LogP contribution in [0.5, 0.6) is 5.75 Å². The zero-order valence-corrected chi connectivity index (χ0v) is 31.6. The predicted octanol–water partition coefficient (Wildman–Crippen LogP) is 3.03. The van der Waals surface area contributed by atoms with Gasteiger partial charge in [-0.15, -0.1) is 0 Å². The lowest BCUT2D eigenvalue weighted by atomic mass is 10.00. The Morgan fingerprint density at radius 2 is 1.50 bits per heavy atom. The average Bonchev–Trinajstić information content (AvgIpc) is 3.31. The van der Waals surface area contributed by atoms with E-state index in [-0.39, 0.29) is 36.2 Å². The number of aromatic hydroxyl groups is 1. The molecule has 2 N–H and O–H groups in total.